The molecule has 0 N–H and O–H groups in total. The van der Waals surface area contributed by atoms with E-state index >= 15 is 0 Å². The van der Waals surface area contributed by atoms with Gasteiger partial charge in [0.15, 0.2) is 0 Å². The molecular formula is C41H24N2O2S. The third-order valence-corrected chi connectivity index (χ3v) is 10.0. The highest BCUT2D eigenvalue weighted by Gasteiger charge is 2.18. The van der Waals surface area contributed by atoms with Crippen molar-refractivity contribution in [3.05, 3.63) is 146 Å². The van der Waals surface area contributed by atoms with Gasteiger partial charge in [0.2, 0.25) is 0 Å². The molecule has 0 spiro atoms. The number of benzene rings is 6. The first kappa shape index (κ1) is 25.4. The number of hydrogen-bond donors (Lipinski definition) is 0. The fourth-order valence-corrected chi connectivity index (χ4v) is 7.81. The smallest absolute Gasteiger partial charge is 0.137 e. The quantitative estimate of drug-likeness (QED) is 0.199. The number of thiophene rings is 1. The van der Waals surface area contributed by atoms with Crippen molar-refractivity contribution in [2.24, 2.45) is 0 Å². The van der Waals surface area contributed by atoms with E-state index in [1.54, 1.807) is 11.3 Å². The summed E-state index contributed by atoms with van der Waals surface area (Å²) in [4.78, 5) is 7.16. The number of nitrogens with zero attached hydrogens (tertiary/aromatic N) is 2. The van der Waals surface area contributed by atoms with E-state index in [9.17, 15) is 0 Å². The molecular weight excluding hydrogens is 585 g/mol. The molecule has 4 aromatic heterocycles. The molecule has 0 radical (unpaired) electrons. The van der Waals surface area contributed by atoms with Gasteiger partial charge in [0.05, 0.1) is 10.2 Å². The Hall–Kier alpha value is -5.91. The highest BCUT2D eigenvalue weighted by atomic mass is 32.1. The number of para-hydroxylation sites is 2. The van der Waals surface area contributed by atoms with Gasteiger partial charge in [0, 0.05) is 66.5 Å². The predicted molar refractivity (Wildman–Crippen MR) is 192 cm³/mol. The summed E-state index contributed by atoms with van der Waals surface area (Å²) in [6.07, 6.45) is 1.99. The van der Waals surface area contributed by atoms with E-state index in [1.165, 1.54) is 14.8 Å². The highest BCUT2D eigenvalue weighted by molar-refractivity contribution is 7.25. The lowest BCUT2D eigenvalue weighted by molar-refractivity contribution is 0.668. The first-order valence-electron chi connectivity index (χ1n) is 15.3. The number of aromatic nitrogens is 1. The lowest BCUT2D eigenvalue weighted by Gasteiger charge is -2.25. The second-order valence-corrected chi connectivity index (χ2v) is 12.7. The lowest BCUT2D eigenvalue weighted by atomic mass is 10.1. The zero-order valence-electron chi connectivity index (χ0n) is 24.5. The summed E-state index contributed by atoms with van der Waals surface area (Å²) in [7, 11) is 0. The van der Waals surface area contributed by atoms with Gasteiger partial charge >= 0.3 is 0 Å². The van der Waals surface area contributed by atoms with Crippen LogP contribution < -0.4 is 4.90 Å². The number of rotatable bonds is 4. The monoisotopic (exact) mass is 608 g/mol. The van der Waals surface area contributed by atoms with E-state index in [-0.39, 0.29) is 0 Å². The van der Waals surface area contributed by atoms with E-state index in [0.29, 0.717) is 0 Å². The van der Waals surface area contributed by atoms with E-state index < -0.39 is 0 Å². The Bertz CT molecular complexity index is 2770. The molecule has 0 fully saturated rings. The maximum Gasteiger partial charge on any atom is 0.137 e. The Kier molecular flexibility index (Phi) is 5.41. The van der Waals surface area contributed by atoms with Crippen molar-refractivity contribution in [2.75, 3.05) is 4.90 Å². The Morgan fingerprint density at radius 3 is 1.87 bits per heavy atom. The normalized spacial score (nSPS) is 11.9. The molecule has 0 bridgehead atoms. The minimum Gasteiger partial charge on any atom is -0.456 e. The molecule has 4 nitrogen and oxygen atoms in total. The molecule has 0 unspecified atom stereocenters. The zero-order chi connectivity index (χ0) is 30.2. The number of furan rings is 2. The average molecular weight is 609 g/mol. The number of hydrogen-bond acceptors (Lipinski definition) is 5. The van der Waals surface area contributed by atoms with Crippen molar-refractivity contribution >= 4 is 92.6 Å². The van der Waals surface area contributed by atoms with Crippen LogP contribution in [0.25, 0.3) is 75.3 Å². The number of pyridine rings is 1. The van der Waals surface area contributed by atoms with E-state index in [2.05, 4.69) is 120 Å². The summed E-state index contributed by atoms with van der Waals surface area (Å²) in [6.45, 7) is 0. The van der Waals surface area contributed by atoms with Crippen molar-refractivity contribution in [1.82, 2.24) is 4.98 Å². The molecule has 46 heavy (non-hydrogen) atoms. The fourth-order valence-electron chi connectivity index (χ4n) is 6.71. The van der Waals surface area contributed by atoms with Gasteiger partial charge in [0.25, 0.3) is 0 Å². The minimum absolute atomic E-state index is 0.859. The van der Waals surface area contributed by atoms with E-state index in [4.69, 9.17) is 13.8 Å². The lowest BCUT2D eigenvalue weighted by Crippen LogP contribution is -2.09. The van der Waals surface area contributed by atoms with Crippen molar-refractivity contribution in [2.45, 2.75) is 0 Å². The van der Waals surface area contributed by atoms with Crippen LogP contribution in [0.15, 0.2) is 155 Å². The standard InChI is InChI=1S/C41H24N2O2S/c1-4-10-35-30(7-1)32-19-17-29(23-38(32)45-35)43(28-18-20-37-34(22-28)31-8-2-5-11-36(31)44-37)27-15-13-25(14-16-27)26-21-40-41(42-24-26)33-9-3-6-12-39(33)46-40/h1-24H. The van der Waals surface area contributed by atoms with Crippen molar-refractivity contribution in [3.8, 4) is 11.1 Å². The topological polar surface area (TPSA) is 42.4 Å². The van der Waals surface area contributed by atoms with Gasteiger partial charge in [-0.3, -0.25) is 4.98 Å². The average Bonchev–Trinajstić information content (AvgIpc) is 3.79. The van der Waals surface area contributed by atoms with Crippen LogP contribution in [0.5, 0.6) is 0 Å². The van der Waals surface area contributed by atoms with Crippen LogP contribution >= 0.6 is 11.3 Å². The highest BCUT2D eigenvalue weighted by Crippen LogP contribution is 2.42. The zero-order valence-corrected chi connectivity index (χ0v) is 25.3. The SMILES string of the molecule is c1ccc2c(c1)oc1cc(N(c3ccc(-c4cnc5c(c4)sc4ccccc45)cc3)c3ccc4oc5ccccc5c4c3)ccc12. The van der Waals surface area contributed by atoms with Crippen molar-refractivity contribution < 1.29 is 8.83 Å². The van der Waals surface area contributed by atoms with Crippen LogP contribution in [0.3, 0.4) is 0 Å². The predicted octanol–water partition coefficient (Wildman–Crippen LogP) is 12.4. The van der Waals surface area contributed by atoms with Gasteiger partial charge in [0.1, 0.15) is 22.3 Å². The van der Waals surface area contributed by atoms with Gasteiger partial charge in [-0.2, -0.15) is 0 Å². The Morgan fingerprint density at radius 1 is 0.435 bits per heavy atom. The Morgan fingerprint density at radius 2 is 1.04 bits per heavy atom. The summed E-state index contributed by atoms with van der Waals surface area (Å²) in [6, 6.07) is 48.8. The Balaban J connectivity index is 1.12. The maximum atomic E-state index is 6.32. The van der Waals surface area contributed by atoms with Crippen molar-refractivity contribution in [3.63, 3.8) is 0 Å². The summed E-state index contributed by atoms with van der Waals surface area (Å²) in [5.74, 6) is 0. The molecule has 10 rings (SSSR count). The van der Waals surface area contributed by atoms with E-state index in [1.807, 2.05) is 30.5 Å². The van der Waals surface area contributed by atoms with Crippen LogP contribution in [0.4, 0.5) is 17.1 Å². The molecule has 10 aromatic rings. The molecule has 4 heterocycles. The molecule has 0 saturated carbocycles. The van der Waals surface area contributed by atoms with Gasteiger partial charge in [-0.25, -0.2) is 0 Å². The Labute approximate surface area is 267 Å². The number of anilines is 3. The molecule has 0 saturated heterocycles. The molecule has 0 atom stereocenters. The molecule has 216 valence electrons. The first-order valence-corrected chi connectivity index (χ1v) is 16.1. The summed E-state index contributed by atoms with van der Waals surface area (Å²) in [5.41, 5.74) is 9.90. The second-order valence-electron chi connectivity index (χ2n) is 11.6. The van der Waals surface area contributed by atoms with Crippen LogP contribution in [-0.2, 0) is 0 Å². The van der Waals surface area contributed by atoms with Crippen molar-refractivity contribution in [1.29, 1.82) is 0 Å². The number of fused-ring (bicyclic) bond motifs is 9. The summed E-state index contributed by atoms with van der Waals surface area (Å²) < 4.78 is 14.9. The van der Waals surface area contributed by atoms with Crippen LogP contribution in [0, 0.1) is 0 Å². The fraction of sp³-hybridized carbons (Fsp3) is 0. The molecule has 5 heteroatoms. The van der Waals surface area contributed by atoms with Crippen LogP contribution in [0.2, 0.25) is 0 Å². The van der Waals surface area contributed by atoms with Gasteiger partial charge in [-0.1, -0.05) is 66.7 Å². The molecule has 0 aliphatic rings. The van der Waals surface area contributed by atoms with Crippen LogP contribution in [0.1, 0.15) is 0 Å². The van der Waals surface area contributed by atoms with Gasteiger partial charge in [-0.15, -0.1) is 11.3 Å². The van der Waals surface area contributed by atoms with E-state index in [0.717, 1.165) is 77.6 Å². The molecule has 0 aliphatic heterocycles. The minimum atomic E-state index is 0.859. The molecule has 6 aromatic carbocycles. The largest absolute Gasteiger partial charge is 0.456 e. The molecule has 0 amide bonds. The van der Waals surface area contributed by atoms with Gasteiger partial charge < -0.3 is 13.7 Å². The third kappa shape index (κ3) is 3.89. The summed E-state index contributed by atoms with van der Waals surface area (Å²) >= 11 is 1.79. The van der Waals surface area contributed by atoms with Crippen LogP contribution in [-0.4, -0.2) is 4.98 Å². The maximum absolute atomic E-state index is 6.32. The second kappa shape index (κ2) is 9.80. The first-order chi connectivity index (χ1) is 22.8. The molecule has 0 aliphatic carbocycles. The summed E-state index contributed by atoms with van der Waals surface area (Å²) in [5, 5.41) is 5.63. The third-order valence-electron chi connectivity index (χ3n) is 8.91. The van der Waals surface area contributed by atoms with Gasteiger partial charge in [-0.05, 0) is 72.3 Å².